The summed E-state index contributed by atoms with van der Waals surface area (Å²) in [4.78, 5) is 11.9. The summed E-state index contributed by atoms with van der Waals surface area (Å²) in [6.07, 6.45) is 3.89. The molecule has 3 nitrogen and oxygen atoms in total. The highest BCUT2D eigenvalue weighted by atomic mass is 35.5. The van der Waals surface area contributed by atoms with Crippen LogP contribution in [0, 0.1) is 12.8 Å². The van der Waals surface area contributed by atoms with Gasteiger partial charge >= 0.3 is 6.09 Å². The lowest BCUT2D eigenvalue weighted by atomic mass is 9.89. The summed E-state index contributed by atoms with van der Waals surface area (Å²) in [7, 11) is 0. The van der Waals surface area contributed by atoms with Crippen LogP contribution in [-0.2, 0) is 4.74 Å². The third kappa shape index (κ3) is 3.87. The number of ether oxygens (including phenoxy) is 1. The normalized spacial score (nSPS) is 22.9. The third-order valence-corrected chi connectivity index (χ3v) is 3.93. The Bertz CT molecular complexity index is 441. The predicted octanol–water partition coefficient (Wildman–Crippen LogP) is 4.78. The molecule has 0 unspecified atom stereocenters. The summed E-state index contributed by atoms with van der Waals surface area (Å²) in [6, 6.07) is 5.52. The molecule has 1 aliphatic carbocycles. The molecule has 1 aromatic rings. The Morgan fingerprint density at radius 1 is 1.42 bits per heavy atom. The molecule has 0 aromatic heterocycles. The Labute approximate surface area is 119 Å². The number of carbonyl (C=O) groups is 1. The second kappa shape index (κ2) is 6.29. The maximum Gasteiger partial charge on any atom is 0.411 e. The highest BCUT2D eigenvalue weighted by Crippen LogP contribution is 2.28. The summed E-state index contributed by atoms with van der Waals surface area (Å²) < 4.78 is 5.47. The van der Waals surface area contributed by atoms with Gasteiger partial charge in [0.2, 0.25) is 0 Å². The molecule has 0 spiro atoms. The van der Waals surface area contributed by atoms with Gasteiger partial charge in [0, 0.05) is 0 Å². The minimum Gasteiger partial charge on any atom is -0.446 e. The Kier molecular flexibility index (Phi) is 4.70. The summed E-state index contributed by atoms with van der Waals surface area (Å²) >= 11 is 6.07. The molecule has 1 saturated carbocycles. The van der Waals surface area contributed by atoms with Crippen molar-refractivity contribution >= 4 is 23.4 Å². The van der Waals surface area contributed by atoms with E-state index in [0.29, 0.717) is 16.6 Å². The third-order valence-electron chi connectivity index (χ3n) is 3.61. The van der Waals surface area contributed by atoms with Crippen LogP contribution >= 0.6 is 11.6 Å². The first-order valence-corrected chi connectivity index (χ1v) is 7.17. The molecule has 0 radical (unpaired) electrons. The summed E-state index contributed by atoms with van der Waals surface area (Å²) in [5.41, 5.74) is 1.57. The molecule has 19 heavy (non-hydrogen) atoms. The molecule has 0 heterocycles. The second-order valence-corrected chi connectivity index (χ2v) is 5.76. The Morgan fingerprint density at radius 3 is 2.89 bits per heavy atom. The van der Waals surface area contributed by atoms with E-state index in [0.717, 1.165) is 24.8 Å². The SMILES string of the molecule is Cc1cccc(Cl)c1NC(=O)O[C@H]1CCC[C@H](C)C1. The van der Waals surface area contributed by atoms with Gasteiger partial charge in [-0.25, -0.2) is 4.79 Å². The summed E-state index contributed by atoms with van der Waals surface area (Å²) in [5.74, 6) is 0.633. The van der Waals surface area contributed by atoms with E-state index in [2.05, 4.69) is 12.2 Å². The molecular weight excluding hydrogens is 262 g/mol. The van der Waals surface area contributed by atoms with Crippen LogP contribution in [0.2, 0.25) is 5.02 Å². The first-order chi connectivity index (χ1) is 9.06. The fourth-order valence-corrected chi connectivity index (χ4v) is 2.83. The van der Waals surface area contributed by atoms with Gasteiger partial charge in [0.05, 0.1) is 10.7 Å². The highest BCUT2D eigenvalue weighted by molar-refractivity contribution is 6.33. The molecule has 1 N–H and O–H groups in total. The van der Waals surface area contributed by atoms with Crippen LogP contribution in [0.4, 0.5) is 10.5 Å². The van der Waals surface area contributed by atoms with Gasteiger partial charge in [-0.1, -0.05) is 37.1 Å². The molecule has 1 amide bonds. The van der Waals surface area contributed by atoms with E-state index in [1.54, 1.807) is 6.07 Å². The van der Waals surface area contributed by atoms with Gasteiger partial charge in [0.25, 0.3) is 0 Å². The number of hydrogen-bond acceptors (Lipinski definition) is 2. The molecule has 0 saturated heterocycles. The number of amides is 1. The molecule has 0 bridgehead atoms. The van der Waals surface area contributed by atoms with Gasteiger partial charge in [-0.15, -0.1) is 0 Å². The van der Waals surface area contributed by atoms with Crippen molar-refractivity contribution < 1.29 is 9.53 Å². The van der Waals surface area contributed by atoms with E-state index in [-0.39, 0.29) is 6.10 Å². The number of para-hydroxylation sites is 1. The Balaban J connectivity index is 1.94. The molecule has 1 aliphatic rings. The van der Waals surface area contributed by atoms with Crippen LogP contribution in [0.25, 0.3) is 0 Å². The molecule has 2 rings (SSSR count). The Morgan fingerprint density at radius 2 is 2.21 bits per heavy atom. The van der Waals surface area contributed by atoms with Crippen molar-refractivity contribution in [1.29, 1.82) is 0 Å². The minimum absolute atomic E-state index is 0.0338. The van der Waals surface area contributed by atoms with Crippen LogP contribution in [0.5, 0.6) is 0 Å². The lowest BCUT2D eigenvalue weighted by Gasteiger charge is -2.26. The molecule has 104 valence electrons. The van der Waals surface area contributed by atoms with E-state index in [1.165, 1.54) is 6.42 Å². The fraction of sp³-hybridized carbons (Fsp3) is 0.533. The number of nitrogens with one attached hydrogen (secondary N) is 1. The molecule has 1 aromatic carbocycles. The van der Waals surface area contributed by atoms with E-state index < -0.39 is 6.09 Å². The first-order valence-electron chi connectivity index (χ1n) is 6.79. The first kappa shape index (κ1) is 14.2. The van der Waals surface area contributed by atoms with Crippen molar-refractivity contribution in [1.82, 2.24) is 0 Å². The molecule has 4 heteroatoms. The van der Waals surface area contributed by atoms with Gasteiger partial charge in [0.1, 0.15) is 6.10 Å². The summed E-state index contributed by atoms with van der Waals surface area (Å²) in [5, 5.41) is 3.28. The van der Waals surface area contributed by atoms with Crippen molar-refractivity contribution in [3.05, 3.63) is 28.8 Å². The standard InChI is InChI=1S/C15H20ClNO2/c1-10-5-3-7-12(9-10)19-15(18)17-14-11(2)6-4-8-13(14)16/h4,6,8,10,12H,3,5,7,9H2,1-2H3,(H,17,18)/t10-,12-/m0/s1. The average Bonchev–Trinajstić information content (AvgIpc) is 2.34. The predicted molar refractivity (Wildman–Crippen MR) is 77.7 cm³/mol. The van der Waals surface area contributed by atoms with Gasteiger partial charge in [-0.2, -0.15) is 0 Å². The molecular formula is C15H20ClNO2. The number of halogens is 1. The zero-order valence-electron chi connectivity index (χ0n) is 11.4. The van der Waals surface area contributed by atoms with Gasteiger partial charge in [0.15, 0.2) is 0 Å². The van der Waals surface area contributed by atoms with Crippen LogP contribution < -0.4 is 5.32 Å². The van der Waals surface area contributed by atoms with E-state index in [1.807, 2.05) is 19.1 Å². The molecule has 2 atom stereocenters. The van der Waals surface area contributed by atoms with Gasteiger partial charge < -0.3 is 4.74 Å². The zero-order valence-corrected chi connectivity index (χ0v) is 12.2. The highest BCUT2D eigenvalue weighted by Gasteiger charge is 2.22. The summed E-state index contributed by atoms with van der Waals surface area (Å²) in [6.45, 7) is 4.11. The smallest absolute Gasteiger partial charge is 0.411 e. The van der Waals surface area contributed by atoms with Crippen LogP contribution in [0.15, 0.2) is 18.2 Å². The number of benzene rings is 1. The number of aryl methyl sites for hydroxylation is 1. The van der Waals surface area contributed by atoms with Gasteiger partial charge in [-0.3, -0.25) is 5.32 Å². The van der Waals surface area contributed by atoms with Crippen molar-refractivity contribution in [2.24, 2.45) is 5.92 Å². The zero-order chi connectivity index (χ0) is 13.8. The monoisotopic (exact) mass is 281 g/mol. The maximum atomic E-state index is 11.9. The number of carbonyl (C=O) groups excluding carboxylic acids is 1. The van der Waals surface area contributed by atoms with Crippen molar-refractivity contribution in [2.75, 3.05) is 5.32 Å². The second-order valence-electron chi connectivity index (χ2n) is 5.36. The average molecular weight is 282 g/mol. The lowest BCUT2D eigenvalue weighted by molar-refractivity contribution is 0.0724. The Hall–Kier alpha value is -1.22. The quantitative estimate of drug-likeness (QED) is 0.847. The van der Waals surface area contributed by atoms with E-state index >= 15 is 0 Å². The minimum atomic E-state index is -0.407. The van der Waals surface area contributed by atoms with Crippen molar-refractivity contribution in [3.8, 4) is 0 Å². The van der Waals surface area contributed by atoms with Crippen molar-refractivity contribution in [3.63, 3.8) is 0 Å². The van der Waals surface area contributed by atoms with Crippen LogP contribution in [0.1, 0.15) is 38.2 Å². The number of hydrogen-bond donors (Lipinski definition) is 1. The lowest BCUT2D eigenvalue weighted by Crippen LogP contribution is -2.27. The fourth-order valence-electron chi connectivity index (χ4n) is 2.56. The van der Waals surface area contributed by atoms with Crippen LogP contribution in [-0.4, -0.2) is 12.2 Å². The molecule has 1 fully saturated rings. The van der Waals surface area contributed by atoms with E-state index in [9.17, 15) is 4.79 Å². The maximum absolute atomic E-state index is 11.9. The van der Waals surface area contributed by atoms with Gasteiger partial charge in [-0.05, 0) is 43.7 Å². The van der Waals surface area contributed by atoms with Crippen molar-refractivity contribution in [2.45, 2.75) is 45.6 Å². The largest absolute Gasteiger partial charge is 0.446 e. The van der Waals surface area contributed by atoms with E-state index in [4.69, 9.17) is 16.3 Å². The van der Waals surface area contributed by atoms with Crippen LogP contribution in [0.3, 0.4) is 0 Å². The molecule has 0 aliphatic heterocycles. The number of anilines is 1. The number of rotatable bonds is 2. The topological polar surface area (TPSA) is 38.3 Å².